The van der Waals surface area contributed by atoms with Gasteiger partial charge in [0, 0.05) is 49.1 Å². The van der Waals surface area contributed by atoms with Crippen molar-refractivity contribution in [2.24, 2.45) is 0 Å². The summed E-state index contributed by atoms with van der Waals surface area (Å²) < 4.78 is 7.02. The minimum absolute atomic E-state index is 0.718. The average molecular weight is 669 g/mol. The van der Waals surface area contributed by atoms with Gasteiger partial charge in [0.1, 0.15) is 0 Å². The summed E-state index contributed by atoms with van der Waals surface area (Å²) in [5, 5.41) is 6.09. The third kappa shape index (κ3) is 4.25. The predicted octanol–water partition coefficient (Wildman–Crippen LogP) is 12.4. The van der Waals surface area contributed by atoms with Gasteiger partial charge in [0.25, 0.3) is 0 Å². The molecule has 0 aliphatic heterocycles. The molecule has 0 saturated heterocycles. The summed E-state index contributed by atoms with van der Waals surface area (Å²) in [4.78, 5) is 10.3. The molecule has 0 spiro atoms. The summed E-state index contributed by atoms with van der Waals surface area (Å²) in [6, 6.07) is 58.7. The van der Waals surface area contributed by atoms with Crippen molar-refractivity contribution >= 4 is 75.3 Å². The molecule has 238 valence electrons. The highest BCUT2D eigenvalue weighted by Crippen LogP contribution is 2.40. The summed E-state index contributed by atoms with van der Waals surface area (Å²) in [6.45, 7) is 0. The van der Waals surface area contributed by atoms with Gasteiger partial charge < -0.3 is 9.13 Å². The number of aromatic nitrogens is 4. The molecule has 5 heteroatoms. The van der Waals surface area contributed by atoms with E-state index >= 15 is 0 Å². The van der Waals surface area contributed by atoms with Crippen molar-refractivity contribution in [1.82, 2.24) is 19.1 Å². The molecule has 0 aliphatic carbocycles. The summed E-state index contributed by atoms with van der Waals surface area (Å²) in [5.74, 6) is 0.718. The van der Waals surface area contributed by atoms with Gasteiger partial charge in [-0.05, 0) is 71.8 Å². The first-order chi connectivity index (χ1) is 25.3. The molecule has 0 fully saturated rings. The molecule has 0 bridgehead atoms. The molecule has 7 aromatic carbocycles. The van der Waals surface area contributed by atoms with Gasteiger partial charge in [-0.15, -0.1) is 11.3 Å². The summed E-state index contributed by atoms with van der Waals surface area (Å²) in [6.07, 6.45) is 2.00. The number of fused-ring (bicyclic) bond motifs is 9. The molecule has 0 aliphatic rings. The minimum Gasteiger partial charge on any atom is -0.309 e. The van der Waals surface area contributed by atoms with E-state index in [-0.39, 0.29) is 0 Å². The fourth-order valence-corrected chi connectivity index (χ4v) is 8.92. The lowest BCUT2D eigenvalue weighted by molar-refractivity contribution is 1.15. The number of rotatable bonds is 4. The molecule has 51 heavy (non-hydrogen) atoms. The number of nitrogens with zero attached hydrogens (tertiary/aromatic N) is 4. The van der Waals surface area contributed by atoms with Crippen LogP contribution in [0.1, 0.15) is 0 Å². The van der Waals surface area contributed by atoms with E-state index in [0.717, 1.165) is 38.4 Å². The van der Waals surface area contributed by atoms with Crippen molar-refractivity contribution in [3.63, 3.8) is 0 Å². The molecule has 0 radical (unpaired) electrons. The Balaban J connectivity index is 1.10. The zero-order valence-corrected chi connectivity index (χ0v) is 28.2. The summed E-state index contributed by atoms with van der Waals surface area (Å²) >= 11 is 1.74. The fraction of sp³-hybridized carbons (Fsp3) is 0. The van der Waals surface area contributed by atoms with Gasteiger partial charge in [-0.25, -0.2) is 9.97 Å². The van der Waals surface area contributed by atoms with Gasteiger partial charge in [-0.2, -0.15) is 0 Å². The Labute approximate surface area is 297 Å². The van der Waals surface area contributed by atoms with Crippen molar-refractivity contribution in [1.29, 1.82) is 0 Å². The highest BCUT2D eigenvalue weighted by Gasteiger charge is 2.19. The Kier molecular flexibility index (Phi) is 6.09. The van der Waals surface area contributed by atoms with E-state index in [0.29, 0.717) is 0 Å². The maximum atomic E-state index is 5.33. The molecular formula is C46H28N4S. The molecule has 0 atom stereocenters. The first kappa shape index (κ1) is 28.3. The Hall–Kier alpha value is -6.56. The molecule has 4 heterocycles. The number of hydrogen-bond donors (Lipinski definition) is 0. The number of thiophene rings is 1. The first-order valence-corrected chi connectivity index (χ1v) is 18.0. The lowest BCUT2D eigenvalue weighted by atomic mass is 10.0. The molecule has 0 N–H and O–H groups in total. The molecule has 0 unspecified atom stereocenters. The molecule has 4 aromatic heterocycles. The Morgan fingerprint density at radius 1 is 0.431 bits per heavy atom. The number of benzene rings is 7. The van der Waals surface area contributed by atoms with Crippen molar-refractivity contribution in [3.05, 3.63) is 170 Å². The average Bonchev–Trinajstić information content (AvgIpc) is 3.85. The van der Waals surface area contributed by atoms with Gasteiger partial charge in [-0.3, -0.25) is 0 Å². The van der Waals surface area contributed by atoms with Gasteiger partial charge in [0.05, 0.1) is 38.0 Å². The van der Waals surface area contributed by atoms with Crippen LogP contribution < -0.4 is 0 Å². The Bertz CT molecular complexity index is 3090. The maximum absolute atomic E-state index is 5.33. The lowest BCUT2D eigenvalue weighted by Gasteiger charge is -2.13. The highest BCUT2D eigenvalue weighted by atomic mass is 32.1. The van der Waals surface area contributed by atoms with Crippen LogP contribution in [0.5, 0.6) is 0 Å². The van der Waals surface area contributed by atoms with E-state index in [1.807, 2.05) is 6.20 Å². The van der Waals surface area contributed by atoms with Crippen molar-refractivity contribution in [2.45, 2.75) is 0 Å². The van der Waals surface area contributed by atoms with E-state index in [4.69, 9.17) is 9.97 Å². The van der Waals surface area contributed by atoms with Gasteiger partial charge in [-0.1, -0.05) is 103 Å². The van der Waals surface area contributed by atoms with Gasteiger partial charge >= 0.3 is 0 Å². The monoisotopic (exact) mass is 668 g/mol. The van der Waals surface area contributed by atoms with Crippen LogP contribution in [0, 0.1) is 0 Å². The van der Waals surface area contributed by atoms with Crippen molar-refractivity contribution < 1.29 is 0 Å². The quantitative estimate of drug-likeness (QED) is 0.187. The summed E-state index contributed by atoms with van der Waals surface area (Å²) in [7, 11) is 0. The zero-order chi connectivity index (χ0) is 33.5. The molecule has 11 rings (SSSR count). The molecule has 0 saturated carbocycles. The Morgan fingerprint density at radius 3 is 1.82 bits per heavy atom. The third-order valence-corrected chi connectivity index (χ3v) is 11.3. The van der Waals surface area contributed by atoms with Crippen LogP contribution in [0.25, 0.3) is 97.8 Å². The van der Waals surface area contributed by atoms with Gasteiger partial charge in [0.15, 0.2) is 5.82 Å². The minimum atomic E-state index is 0.718. The van der Waals surface area contributed by atoms with E-state index in [2.05, 4.69) is 173 Å². The van der Waals surface area contributed by atoms with E-state index < -0.39 is 0 Å². The maximum Gasteiger partial charge on any atom is 0.161 e. The van der Waals surface area contributed by atoms with Crippen LogP contribution in [0.3, 0.4) is 0 Å². The lowest BCUT2D eigenvalue weighted by Crippen LogP contribution is -1.99. The smallest absolute Gasteiger partial charge is 0.161 e. The van der Waals surface area contributed by atoms with E-state index in [1.165, 1.54) is 59.4 Å². The fourth-order valence-electron chi connectivity index (χ4n) is 7.92. The first-order valence-electron chi connectivity index (χ1n) is 17.2. The zero-order valence-electron chi connectivity index (χ0n) is 27.4. The molecular weight excluding hydrogens is 641 g/mol. The number of para-hydroxylation sites is 4. The largest absolute Gasteiger partial charge is 0.309 e. The molecule has 4 nitrogen and oxygen atoms in total. The number of hydrogen-bond acceptors (Lipinski definition) is 3. The van der Waals surface area contributed by atoms with Crippen molar-refractivity contribution in [2.75, 3.05) is 0 Å². The molecule has 0 amide bonds. The van der Waals surface area contributed by atoms with E-state index in [9.17, 15) is 0 Å². The normalized spacial score (nSPS) is 11.9. The second-order valence-electron chi connectivity index (χ2n) is 13.0. The topological polar surface area (TPSA) is 35.6 Å². The predicted molar refractivity (Wildman–Crippen MR) is 214 cm³/mol. The van der Waals surface area contributed by atoms with Crippen LogP contribution in [-0.4, -0.2) is 19.1 Å². The van der Waals surface area contributed by atoms with Crippen LogP contribution in [0.15, 0.2) is 170 Å². The second-order valence-corrected chi connectivity index (χ2v) is 14.1. The van der Waals surface area contributed by atoms with Crippen LogP contribution >= 0.6 is 11.3 Å². The second kappa shape index (κ2) is 11.0. The SMILES string of the molecule is c1ccc(-c2ccc3c(c2)c2ccccc2n3-c2ccc3sc4cnc(-c5ccccc5-n5c6ccccc6c6ccccc65)nc4c3c2)cc1. The van der Waals surface area contributed by atoms with Crippen LogP contribution in [-0.2, 0) is 0 Å². The van der Waals surface area contributed by atoms with Crippen LogP contribution in [0.4, 0.5) is 0 Å². The highest BCUT2D eigenvalue weighted by molar-refractivity contribution is 7.25. The molecule has 11 aromatic rings. The Morgan fingerprint density at radius 2 is 1.06 bits per heavy atom. The third-order valence-electron chi connectivity index (χ3n) is 10.2. The van der Waals surface area contributed by atoms with Gasteiger partial charge in [0.2, 0.25) is 0 Å². The van der Waals surface area contributed by atoms with E-state index in [1.54, 1.807) is 11.3 Å². The standard InChI is InChI=1S/C46H28N4S/c1-2-12-29(13-3-1)30-22-24-42-36(26-30)34-16-6-8-18-38(34)49(42)31-23-25-43-37(27-31)45-44(51-43)28-47-46(48-45)35-17-7-11-21-41(35)50-39-19-9-4-14-32(39)33-15-5-10-20-40(33)50/h1-28H. The van der Waals surface area contributed by atoms with Crippen LogP contribution in [0.2, 0.25) is 0 Å². The summed E-state index contributed by atoms with van der Waals surface area (Å²) in [5.41, 5.74) is 11.3. The van der Waals surface area contributed by atoms with Crippen molar-refractivity contribution in [3.8, 4) is 33.9 Å².